The second-order valence-corrected chi connectivity index (χ2v) is 2.12. The van der Waals surface area contributed by atoms with Crippen molar-refractivity contribution in [3.63, 3.8) is 0 Å². The van der Waals surface area contributed by atoms with Gasteiger partial charge in [-0.25, -0.2) is 0 Å². The molecule has 11 heavy (non-hydrogen) atoms. The highest BCUT2D eigenvalue weighted by Crippen LogP contribution is 1.92. The molecule has 0 saturated carbocycles. The number of hydrogen-bond donors (Lipinski definition) is 2. The van der Waals surface area contributed by atoms with Crippen LogP contribution in [0.1, 0.15) is 27.2 Å². The van der Waals surface area contributed by atoms with E-state index >= 15 is 0 Å². The van der Waals surface area contributed by atoms with Crippen LogP contribution in [0.4, 0.5) is 0 Å². The normalized spacial score (nSPS) is 11.7. The van der Waals surface area contributed by atoms with E-state index in [2.05, 4.69) is 13.8 Å². The van der Waals surface area contributed by atoms with E-state index in [0.717, 1.165) is 13.0 Å². The molecule has 0 rings (SSSR count). The summed E-state index contributed by atoms with van der Waals surface area (Å²) in [7, 11) is 0. The highest BCUT2D eigenvalue weighted by molar-refractivity contribution is 4.40. The molecule has 3 heteroatoms. The standard InChI is InChI=1S/C6H14O.C2H6O2/c1-4-6(3)7-5-2;3-1-2-4/h6H,4-5H2,1-3H3;3-4H,1-2H2. The average molecular weight is 164 g/mol. The van der Waals surface area contributed by atoms with E-state index in [1.807, 2.05) is 6.92 Å². The van der Waals surface area contributed by atoms with Crippen molar-refractivity contribution in [3.8, 4) is 0 Å². The molecular weight excluding hydrogens is 144 g/mol. The van der Waals surface area contributed by atoms with Gasteiger partial charge in [0.1, 0.15) is 0 Å². The van der Waals surface area contributed by atoms with Gasteiger partial charge in [-0.1, -0.05) is 6.92 Å². The molecule has 0 aliphatic rings. The van der Waals surface area contributed by atoms with Crippen molar-refractivity contribution in [3.05, 3.63) is 0 Å². The molecule has 0 radical (unpaired) electrons. The van der Waals surface area contributed by atoms with Gasteiger partial charge in [0.2, 0.25) is 0 Å². The lowest BCUT2D eigenvalue weighted by Gasteiger charge is -2.05. The summed E-state index contributed by atoms with van der Waals surface area (Å²) in [4.78, 5) is 0. The molecule has 0 aromatic heterocycles. The lowest BCUT2D eigenvalue weighted by atomic mass is 10.3. The van der Waals surface area contributed by atoms with Crippen molar-refractivity contribution in [1.29, 1.82) is 0 Å². The van der Waals surface area contributed by atoms with E-state index in [9.17, 15) is 0 Å². The maximum atomic E-state index is 7.62. The maximum Gasteiger partial charge on any atom is 0.0662 e. The zero-order chi connectivity index (χ0) is 9.11. The summed E-state index contributed by atoms with van der Waals surface area (Å²) < 4.78 is 5.19. The summed E-state index contributed by atoms with van der Waals surface area (Å²) in [5.41, 5.74) is 0. The zero-order valence-electron chi connectivity index (χ0n) is 7.71. The number of rotatable bonds is 4. The minimum absolute atomic E-state index is 0.125. The Kier molecular flexibility index (Phi) is 15.4. The fraction of sp³-hybridized carbons (Fsp3) is 1.00. The van der Waals surface area contributed by atoms with Gasteiger partial charge in [0.15, 0.2) is 0 Å². The Hall–Kier alpha value is -0.120. The van der Waals surface area contributed by atoms with Crippen molar-refractivity contribution in [2.75, 3.05) is 19.8 Å². The smallest absolute Gasteiger partial charge is 0.0662 e. The molecule has 1 atom stereocenters. The number of aliphatic hydroxyl groups is 2. The van der Waals surface area contributed by atoms with Gasteiger partial charge in [0, 0.05) is 6.61 Å². The average Bonchev–Trinajstić information content (AvgIpc) is 2.05. The van der Waals surface area contributed by atoms with Crippen LogP contribution >= 0.6 is 0 Å². The van der Waals surface area contributed by atoms with Gasteiger partial charge >= 0.3 is 0 Å². The van der Waals surface area contributed by atoms with Crippen molar-refractivity contribution in [1.82, 2.24) is 0 Å². The van der Waals surface area contributed by atoms with E-state index in [1.54, 1.807) is 0 Å². The molecule has 1 unspecified atom stereocenters. The topological polar surface area (TPSA) is 49.7 Å². The summed E-state index contributed by atoms with van der Waals surface area (Å²) in [6, 6.07) is 0. The van der Waals surface area contributed by atoms with Gasteiger partial charge in [0.05, 0.1) is 19.3 Å². The van der Waals surface area contributed by atoms with Crippen LogP contribution in [-0.2, 0) is 4.74 Å². The molecule has 0 aliphatic heterocycles. The molecule has 2 N–H and O–H groups in total. The van der Waals surface area contributed by atoms with Gasteiger partial charge in [-0.2, -0.15) is 0 Å². The van der Waals surface area contributed by atoms with Crippen molar-refractivity contribution in [2.45, 2.75) is 33.3 Å². The third-order valence-electron chi connectivity index (χ3n) is 1.13. The van der Waals surface area contributed by atoms with Crippen LogP contribution in [0.5, 0.6) is 0 Å². The molecule has 0 bridgehead atoms. The first kappa shape index (κ1) is 13.5. The fourth-order valence-electron chi connectivity index (χ4n) is 0.402. The molecule has 3 nitrogen and oxygen atoms in total. The van der Waals surface area contributed by atoms with E-state index in [-0.39, 0.29) is 13.2 Å². The van der Waals surface area contributed by atoms with Crippen LogP contribution in [0.15, 0.2) is 0 Å². The molecule has 0 amide bonds. The van der Waals surface area contributed by atoms with Crippen LogP contribution < -0.4 is 0 Å². The Balaban J connectivity index is 0. The van der Waals surface area contributed by atoms with Crippen molar-refractivity contribution < 1.29 is 14.9 Å². The molecule has 0 fully saturated rings. The highest BCUT2D eigenvalue weighted by atomic mass is 16.5. The molecule has 0 aliphatic carbocycles. The van der Waals surface area contributed by atoms with E-state index in [1.165, 1.54) is 0 Å². The second kappa shape index (κ2) is 12.5. The molecule has 0 spiro atoms. The molecule has 0 aromatic rings. The minimum atomic E-state index is -0.125. The van der Waals surface area contributed by atoms with E-state index < -0.39 is 0 Å². The predicted octanol–water partition coefficient (Wildman–Crippen LogP) is 0.792. The number of hydrogen-bond acceptors (Lipinski definition) is 3. The zero-order valence-corrected chi connectivity index (χ0v) is 7.71. The first-order valence-corrected chi connectivity index (χ1v) is 4.06. The molecular formula is C8H20O3. The first-order valence-electron chi connectivity index (χ1n) is 4.06. The van der Waals surface area contributed by atoms with E-state index in [0.29, 0.717) is 6.10 Å². The van der Waals surface area contributed by atoms with Gasteiger partial charge < -0.3 is 14.9 Å². The first-order chi connectivity index (χ1) is 5.22. The largest absolute Gasteiger partial charge is 0.394 e. The number of ether oxygens (including phenoxy) is 1. The molecule has 0 saturated heterocycles. The Morgan fingerprint density at radius 2 is 1.64 bits per heavy atom. The van der Waals surface area contributed by atoms with Gasteiger partial charge in [-0.3, -0.25) is 0 Å². The van der Waals surface area contributed by atoms with Crippen LogP contribution in [-0.4, -0.2) is 36.1 Å². The van der Waals surface area contributed by atoms with Crippen LogP contribution in [0, 0.1) is 0 Å². The van der Waals surface area contributed by atoms with Crippen LogP contribution in [0.2, 0.25) is 0 Å². The maximum absolute atomic E-state index is 7.62. The lowest BCUT2D eigenvalue weighted by molar-refractivity contribution is 0.0739. The Bertz CT molecular complexity index is 55.3. The lowest BCUT2D eigenvalue weighted by Crippen LogP contribution is -2.04. The van der Waals surface area contributed by atoms with Gasteiger partial charge in [0.25, 0.3) is 0 Å². The Labute approximate surface area is 69.0 Å². The van der Waals surface area contributed by atoms with Crippen molar-refractivity contribution in [2.24, 2.45) is 0 Å². The minimum Gasteiger partial charge on any atom is -0.394 e. The Morgan fingerprint density at radius 1 is 1.18 bits per heavy atom. The monoisotopic (exact) mass is 164 g/mol. The van der Waals surface area contributed by atoms with Gasteiger partial charge in [-0.15, -0.1) is 0 Å². The molecule has 70 valence electrons. The third-order valence-corrected chi connectivity index (χ3v) is 1.13. The van der Waals surface area contributed by atoms with Crippen molar-refractivity contribution >= 4 is 0 Å². The fourth-order valence-corrected chi connectivity index (χ4v) is 0.402. The molecule has 0 heterocycles. The van der Waals surface area contributed by atoms with E-state index in [4.69, 9.17) is 14.9 Å². The molecule has 0 aromatic carbocycles. The second-order valence-electron chi connectivity index (χ2n) is 2.12. The summed E-state index contributed by atoms with van der Waals surface area (Å²) in [6.45, 7) is 6.82. The summed E-state index contributed by atoms with van der Waals surface area (Å²) in [5.74, 6) is 0. The summed E-state index contributed by atoms with van der Waals surface area (Å²) >= 11 is 0. The quantitative estimate of drug-likeness (QED) is 0.646. The highest BCUT2D eigenvalue weighted by Gasteiger charge is 1.91. The predicted molar refractivity (Wildman–Crippen MR) is 45.6 cm³/mol. The number of aliphatic hydroxyl groups excluding tert-OH is 2. The Morgan fingerprint density at radius 3 is 1.73 bits per heavy atom. The van der Waals surface area contributed by atoms with Crippen LogP contribution in [0.3, 0.4) is 0 Å². The summed E-state index contributed by atoms with van der Waals surface area (Å²) in [5, 5.41) is 15.2. The SMILES string of the molecule is CCOC(C)CC.OCCO. The van der Waals surface area contributed by atoms with Crippen LogP contribution in [0.25, 0.3) is 0 Å². The summed E-state index contributed by atoms with van der Waals surface area (Å²) in [6.07, 6.45) is 1.57. The van der Waals surface area contributed by atoms with Gasteiger partial charge in [-0.05, 0) is 20.3 Å². The third kappa shape index (κ3) is 17.7.